The van der Waals surface area contributed by atoms with Gasteiger partial charge in [0, 0.05) is 0 Å². The van der Waals surface area contributed by atoms with E-state index >= 15 is 0 Å². The van der Waals surface area contributed by atoms with E-state index in [1.54, 1.807) is 12.8 Å². The summed E-state index contributed by atoms with van der Waals surface area (Å²) < 4.78 is 2.34. The van der Waals surface area contributed by atoms with Crippen molar-refractivity contribution in [3.8, 4) is 0 Å². The Balaban J connectivity index is 0.00000104. The minimum absolute atomic E-state index is 0. The van der Waals surface area contributed by atoms with Crippen LogP contribution in [0.5, 0.6) is 0 Å². The first-order valence-electron chi connectivity index (χ1n) is 9.13. The zero-order valence-corrected chi connectivity index (χ0v) is 20.8. The van der Waals surface area contributed by atoms with Crippen LogP contribution in [0.4, 0.5) is 0 Å². The SMILES string of the molecule is C[Si](C)=[Hf+2]([CH]1CCC2C=CC=CC21)[CH]1CCC2C=CC=CC21.[Cl-].[Cl-]. The van der Waals surface area contributed by atoms with Gasteiger partial charge in [0.05, 0.1) is 0 Å². The normalized spacial score (nSPS) is 37.7. The second kappa shape index (κ2) is 9.02. The van der Waals surface area contributed by atoms with Gasteiger partial charge >= 0.3 is 144 Å². The van der Waals surface area contributed by atoms with Gasteiger partial charge in [0.25, 0.3) is 0 Å². The molecule has 4 rings (SSSR count). The van der Waals surface area contributed by atoms with E-state index in [0.717, 1.165) is 23.7 Å². The molecule has 0 N–H and O–H groups in total. The number of fused-ring (bicyclic) bond motifs is 2. The molecule has 4 heteroatoms. The van der Waals surface area contributed by atoms with E-state index < -0.39 is 20.1 Å². The summed E-state index contributed by atoms with van der Waals surface area (Å²) in [6, 6.07) is 0. The average Bonchev–Trinajstić information content (AvgIpc) is 3.13. The summed E-state index contributed by atoms with van der Waals surface area (Å²) in [7, 11) is 0. The van der Waals surface area contributed by atoms with Crippen molar-refractivity contribution < 1.29 is 44.9 Å². The monoisotopic (exact) mass is 546 g/mol. The van der Waals surface area contributed by atoms with Gasteiger partial charge in [-0.25, -0.2) is 0 Å². The molecule has 2 fully saturated rings. The Bertz CT molecular complexity index is 555. The van der Waals surface area contributed by atoms with Crippen molar-refractivity contribution in [2.75, 3.05) is 0 Å². The van der Waals surface area contributed by atoms with Crippen molar-refractivity contribution in [3.05, 3.63) is 48.6 Å². The van der Waals surface area contributed by atoms with Crippen LogP contribution in [0, 0.1) is 23.7 Å². The van der Waals surface area contributed by atoms with Crippen molar-refractivity contribution in [2.45, 2.75) is 46.1 Å². The Hall–Kier alpha value is 0.627. The minimum Gasteiger partial charge on any atom is -1.00 e. The van der Waals surface area contributed by atoms with Gasteiger partial charge in [-0.2, -0.15) is 0 Å². The molecule has 0 bridgehead atoms. The topological polar surface area (TPSA) is 0 Å². The fourth-order valence-electron chi connectivity index (χ4n) is 5.65. The van der Waals surface area contributed by atoms with Crippen molar-refractivity contribution >= 4 is 5.49 Å². The van der Waals surface area contributed by atoms with Crippen LogP contribution >= 0.6 is 0 Å². The molecule has 0 spiro atoms. The molecular weight excluding hydrogens is 518 g/mol. The molecule has 0 aromatic rings. The van der Waals surface area contributed by atoms with Crippen LogP contribution in [-0.2, 0) is 20.1 Å². The van der Waals surface area contributed by atoms with Crippen LogP contribution in [0.15, 0.2) is 48.6 Å². The molecule has 6 unspecified atom stereocenters. The van der Waals surface area contributed by atoms with E-state index in [1.807, 2.05) is 0 Å². The van der Waals surface area contributed by atoms with Crippen LogP contribution in [0.1, 0.15) is 25.7 Å². The number of halogens is 2. The molecule has 6 atom stereocenters. The van der Waals surface area contributed by atoms with Gasteiger partial charge in [-0.1, -0.05) is 0 Å². The van der Waals surface area contributed by atoms with E-state index in [4.69, 9.17) is 0 Å². The van der Waals surface area contributed by atoms with Crippen molar-refractivity contribution in [1.82, 2.24) is 0 Å². The summed E-state index contributed by atoms with van der Waals surface area (Å²) in [4.78, 5) is 0. The average molecular weight is 546 g/mol. The molecule has 0 radical (unpaired) electrons. The second-order valence-corrected chi connectivity index (χ2v) is 33.9. The molecule has 0 aliphatic heterocycles. The summed E-state index contributed by atoms with van der Waals surface area (Å²) in [5, 5.41) is 0. The van der Waals surface area contributed by atoms with Crippen LogP contribution in [-0.4, -0.2) is 5.49 Å². The molecule has 24 heavy (non-hydrogen) atoms. The maximum absolute atomic E-state index is 2.68. The molecule has 2 saturated carbocycles. The molecule has 130 valence electrons. The van der Waals surface area contributed by atoms with Gasteiger partial charge in [0.1, 0.15) is 0 Å². The first kappa shape index (κ1) is 20.9. The minimum atomic E-state index is -1.56. The molecule has 0 amide bonds. The Morgan fingerprint density at radius 3 is 1.50 bits per heavy atom. The molecule has 0 saturated heterocycles. The Morgan fingerprint density at radius 2 is 1.08 bits per heavy atom. The maximum Gasteiger partial charge on any atom is -1.00 e. The smallest absolute Gasteiger partial charge is 1.00 e. The van der Waals surface area contributed by atoms with E-state index in [9.17, 15) is 0 Å². The third-order valence-corrected chi connectivity index (χ3v) is 36.8. The number of hydrogen-bond acceptors (Lipinski definition) is 0. The van der Waals surface area contributed by atoms with Crippen molar-refractivity contribution in [1.29, 1.82) is 0 Å². The quantitative estimate of drug-likeness (QED) is 0.420. The molecular formula is C20H28Cl2HfSi. The Labute approximate surface area is 167 Å². The van der Waals surface area contributed by atoms with Gasteiger partial charge < -0.3 is 24.8 Å². The van der Waals surface area contributed by atoms with Gasteiger partial charge in [-0.15, -0.1) is 0 Å². The molecule has 4 aliphatic rings. The third-order valence-electron chi connectivity index (χ3n) is 6.52. The summed E-state index contributed by atoms with van der Waals surface area (Å²) in [5.74, 6) is 3.68. The van der Waals surface area contributed by atoms with E-state index in [1.165, 1.54) is 20.2 Å². The molecule has 4 aliphatic carbocycles. The summed E-state index contributed by atoms with van der Waals surface area (Å²) >= 11 is -1.56. The van der Waals surface area contributed by atoms with E-state index in [2.05, 4.69) is 61.7 Å². The standard InChI is InChI=1S/2C9H11.C2H6Si.2ClH.Hf/c2*1-2-5-9-7-3-6-8(9)4-1;1-3-2;;;/h2*1-2,4-6,8-9H,3,7H2;1-2H3;2*1H;/q;;;;;+2/p-2. The molecule has 0 aromatic heterocycles. The second-order valence-electron chi connectivity index (χ2n) is 7.85. The first-order valence-corrected chi connectivity index (χ1v) is 21.2. The molecule has 0 heterocycles. The number of rotatable bonds is 2. The van der Waals surface area contributed by atoms with Crippen LogP contribution in [0.2, 0.25) is 20.4 Å². The van der Waals surface area contributed by atoms with Crippen molar-refractivity contribution in [2.24, 2.45) is 23.7 Å². The Morgan fingerprint density at radius 1 is 0.667 bits per heavy atom. The number of hydrogen-bond donors (Lipinski definition) is 0. The van der Waals surface area contributed by atoms with Crippen molar-refractivity contribution in [3.63, 3.8) is 0 Å². The van der Waals surface area contributed by atoms with Gasteiger partial charge in [-0.05, 0) is 0 Å². The van der Waals surface area contributed by atoms with Gasteiger partial charge in [-0.3, -0.25) is 0 Å². The van der Waals surface area contributed by atoms with Gasteiger partial charge in [0.15, 0.2) is 0 Å². The fourth-order valence-corrected chi connectivity index (χ4v) is 39.6. The van der Waals surface area contributed by atoms with E-state index in [-0.39, 0.29) is 30.3 Å². The van der Waals surface area contributed by atoms with Crippen LogP contribution in [0.25, 0.3) is 0 Å². The third kappa shape index (κ3) is 3.82. The van der Waals surface area contributed by atoms with Gasteiger partial charge in [0.2, 0.25) is 0 Å². The maximum atomic E-state index is 2.68. The Kier molecular flexibility index (Phi) is 7.86. The van der Waals surface area contributed by atoms with E-state index in [0.29, 0.717) is 0 Å². The predicted molar refractivity (Wildman–Crippen MR) is 94.0 cm³/mol. The zero-order chi connectivity index (χ0) is 15.1. The zero-order valence-electron chi connectivity index (χ0n) is 14.7. The van der Waals surface area contributed by atoms with Crippen LogP contribution < -0.4 is 24.8 Å². The summed E-state index contributed by atoms with van der Waals surface area (Å²) in [5.41, 5.74) is -0.0408. The first-order chi connectivity index (χ1) is 10.8. The summed E-state index contributed by atoms with van der Waals surface area (Å²) in [6.45, 7) is 5.36. The predicted octanol–water partition coefficient (Wildman–Crippen LogP) is -0.255. The van der Waals surface area contributed by atoms with Crippen LogP contribution in [0.3, 0.4) is 0 Å². The largest absolute Gasteiger partial charge is 1.00 e. The fraction of sp³-hybridized carbons (Fsp3) is 0.600. The molecule has 0 nitrogen and oxygen atoms in total. The summed E-state index contributed by atoms with van der Waals surface area (Å²) in [6.07, 6.45) is 25.6. The number of allylic oxidation sites excluding steroid dienone is 8. The molecule has 0 aromatic carbocycles.